The van der Waals surface area contributed by atoms with Crippen molar-refractivity contribution in [2.45, 2.75) is 113 Å². The molecule has 65 heavy (non-hydrogen) atoms. The highest BCUT2D eigenvalue weighted by Crippen LogP contribution is 2.55. The molecule has 354 valence electrons. The lowest BCUT2D eigenvalue weighted by molar-refractivity contribution is -0.348. The second-order valence-electron chi connectivity index (χ2n) is 15.7. The van der Waals surface area contributed by atoms with Gasteiger partial charge >= 0.3 is 36.5 Å². The van der Waals surface area contributed by atoms with E-state index in [0.717, 1.165) is 35.5 Å². The van der Waals surface area contributed by atoms with Crippen LogP contribution in [0.25, 0.3) is 16.8 Å². The lowest BCUT2D eigenvalue weighted by atomic mass is 9.93. The third-order valence-electron chi connectivity index (χ3n) is 9.80. The van der Waals surface area contributed by atoms with E-state index in [1.54, 1.807) is 20.8 Å². The first-order valence-corrected chi connectivity index (χ1v) is 19.8. The van der Waals surface area contributed by atoms with E-state index in [1.807, 2.05) is 6.07 Å². The van der Waals surface area contributed by atoms with Crippen LogP contribution in [0.15, 0.2) is 54.9 Å². The van der Waals surface area contributed by atoms with Crippen molar-refractivity contribution in [3.63, 3.8) is 0 Å². The second-order valence-corrected chi connectivity index (χ2v) is 16.5. The summed E-state index contributed by atoms with van der Waals surface area (Å²) in [6.07, 6.45) is -17.3. The molecule has 3 aromatic rings. The normalized spacial score (nSPS) is 18.4. The van der Waals surface area contributed by atoms with Crippen molar-refractivity contribution in [2.75, 3.05) is 6.73 Å². The van der Waals surface area contributed by atoms with Crippen LogP contribution in [0.4, 0.5) is 48.7 Å². The molecule has 25 heteroatoms. The standard InChI is InChI=1S/C40H36Cl2F10N4O9/c1-35(2,3)65-31(58)11-10-30(57)62-24-5-7-25(8-6-24)63-34(60)61-20-55(36(19-53)12-13-36)33(59)26-14-21(4-9-27(26)41)22-17-54-56(18-22)32-28(42)15-23(16-29(32)64-40(50,51)52)37(43,38(44,45)46)39(47,48)49/h4,9-11,14-18,24-25,30,57H,5-8,12-13,20H2,1-3H3/b11-10+. The zero-order chi connectivity index (χ0) is 48.5. The van der Waals surface area contributed by atoms with Gasteiger partial charge in [-0.2, -0.15) is 36.7 Å². The Balaban J connectivity index is 1.30. The fourth-order valence-electron chi connectivity index (χ4n) is 6.54. The van der Waals surface area contributed by atoms with Gasteiger partial charge in [-0.15, -0.1) is 13.2 Å². The van der Waals surface area contributed by atoms with Gasteiger partial charge in [0.15, 0.2) is 18.8 Å². The van der Waals surface area contributed by atoms with E-state index in [4.69, 9.17) is 42.1 Å². The van der Waals surface area contributed by atoms with Crippen LogP contribution >= 0.6 is 23.2 Å². The number of alkyl halides is 10. The van der Waals surface area contributed by atoms with E-state index in [-0.39, 0.29) is 53.5 Å². The van der Waals surface area contributed by atoms with Gasteiger partial charge in [0.05, 0.1) is 34.0 Å². The molecule has 2 aliphatic carbocycles. The lowest BCUT2D eigenvalue weighted by Gasteiger charge is -2.31. The van der Waals surface area contributed by atoms with Gasteiger partial charge in [-0.3, -0.25) is 9.69 Å². The Labute approximate surface area is 372 Å². The first-order chi connectivity index (χ1) is 30.0. The number of hydrogen-bond acceptors (Lipinski definition) is 11. The van der Waals surface area contributed by atoms with Crippen molar-refractivity contribution >= 4 is 41.2 Å². The quantitative estimate of drug-likeness (QED) is 0.0751. The molecule has 2 saturated carbocycles. The average Bonchev–Trinajstić information content (AvgIpc) is 3.82. The maximum atomic E-state index is 14.9. The van der Waals surface area contributed by atoms with Gasteiger partial charge in [-0.05, 0) is 95.2 Å². The van der Waals surface area contributed by atoms with Crippen LogP contribution in [0.3, 0.4) is 0 Å². The van der Waals surface area contributed by atoms with Crippen molar-refractivity contribution in [3.05, 3.63) is 76.0 Å². The molecule has 1 N–H and O–H groups in total. The fourth-order valence-corrected chi connectivity index (χ4v) is 7.04. The van der Waals surface area contributed by atoms with E-state index < -0.39 is 107 Å². The molecule has 2 aliphatic rings. The number of hydrogen-bond donors (Lipinski definition) is 1. The molecule has 0 bridgehead atoms. The SMILES string of the molecule is CC(C)(C)OC(=O)/C=C/C(O)OC1CCC(OC(=O)OCN(C(=O)c2cc(-c3cnn(-c4c(Cl)cc(C(F)(C(F)(F)F)C(F)(F)F)cc4OC(F)(F)F)c3)ccc2Cl)C2(C#N)CC2)CC1. The second kappa shape index (κ2) is 18.9. The first kappa shape index (κ1) is 50.7. The van der Waals surface area contributed by atoms with Crippen LogP contribution in [-0.2, 0) is 29.4 Å². The Morgan fingerprint density at radius 3 is 2.11 bits per heavy atom. The topological polar surface area (TPSA) is 162 Å². The highest BCUT2D eigenvalue weighted by molar-refractivity contribution is 6.34. The largest absolute Gasteiger partial charge is 0.573 e. The van der Waals surface area contributed by atoms with Crippen molar-refractivity contribution in [1.29, 1.82) is 5.26 Å². The molecule has 1 amide bonds. The number of carbonyl (C=O) groups excluding carboxylic acids is 3. The summed E-state index contributed by atoms with van der Waals surface area (Å²) in [7, 11) is 0. The Kier molecular flexibility index (Phi) is 14.7. The number of nitrogens with zero attached hydrogens (tertiary/aromatic N) is 4. The molecule has 1 heterocycles. The molecule has 13 nitrogen and oxygen atoms in total. The number of aromatic nitrogens is 2. The van der Waals surface area contributed by atoms with E-state index in [2.05, 4.69) is 9.84 Å². The third kappa shape index (κ3) is 12.1. The highest BCUT2D eigenvalue weighted by atomic mass is 35.5. The number of nitriles is 1. The zero-order valence-electron chi connectivity index (χ0n) is 33.9. The predicted octanol–water partition coefficient (Wildman–Crippen LogP) is 10.2. The van der Waals surface area contributed by atoms with Crippen LogP contribution in [0.5, 0.6) is 5.75 Å². The minimum Gasteiger partial charge on any atom is -0.457 e. The van der Waals surface area contributed by atoms with Crippen LogP contribution in [0.2, 0.25) is 10.0 Å². The Bertz CT molecular complexity index is 2320. The van der Waals surface area contributed by atoms with E-state index in [0.29, 0.717) is 17.5 Å². The van der Waals surface area contributed by atoms with Gasteiger partial charge < -0.3 is 28.8 Å². The monoisotopic (exact) mass is 976 g/mol. The van der Waals surface area contributed by atoms with Crippen molar-refractivity contribution in [1.82, 2.24) is 14.7 Å². The van der Waals surface area contributed by atoms with Crippen molar-refractivity contribution in [2.24, 2.45) is 0 Å². The van der Waals surface area contributed by atoms with Crippen molar-refractivity contribution < 1.29 is 87.1 Å². The smallest absolute Gasteiger partial charge is 0.457 e. The summed E-state index contributed by atoms with van der Waals surface area (Å²) in [6, 6.07) is 5.00. The number of benzene rings is 2. The molecule has 5 rings (SSSR count). The molecule has 0 spiro atoms. The molecule has 1 aromatic heterocycles. The van der Waals surface area contributed by atoms with Gasteiger partial charge in [-0.25, -0.2) is 18.7 Å². The number of aliphatic hydroxyl groups is 1. The molecular formula is C40H36Cl2F10N4O9. The van der Waals surface area contributed by atoms with Crippen LogP contribution < -0.4 is 4.74 Å². The number of carbonyl (C=O) groups is 3. The minimum atomic E-state index is -6.71. The summed E-state index contributed by atoms with van der Waals surface area (Å²) in [6.45, 7) is 4.24. The first-order valence-electron chi connectivity index (χ1n) is 19.1. The molecule has 1 unspecified atom stereocenters. The number of esters is 1. The molecule has 2 fully saturated rings. The van der Waals surface area contributed by atoms with Gasteiger partial charge in [0.25, 0.3) is 5.91 Å². The molecular weight excluding hydrogens is 941 g/mol. The van der Waals surface area contributed by atoms with Crippen LogP contribution in [-0.4, -0.2) is 92.9 Å². The summed E-state index contributed by atoms with van der Waals surface area (Å²) in [5, 5.41) is 22.5. The molecule has 1 atom stereocenters. The molecule has 0 aliphatic heterocycles. The number of rotatable bonds is 13. The zero-order valence-corrected chi connectivity index (χ0v) is 35.4. The molecule has 0 saturated heterocycles. The molecule has 0 radical (unpaired) electrons. The van der Waals surface area contributed by atoms with Crippen LogP contribution in [0, 0.1) is 11.3 Å². The van der Waals surface area contributed by atoms with Gasteiger partial charge in [0.1, 0.15) is 22.9 Å². The summed E-state index contributed by atoms with van der Waals surface area (Å²) < 4.78 is 162. The maximum Gasteiger partial charge on any atom is 0.573 e. The summed E-state index contributed by atoms with van der Waals surface area (Å²) in [5.74, 6) is -3.40. The number of aliphatic hydroxyl groups excluding tert-OH is 1. The number of halogens is 12. The van der Waals surface area contributed by atoms with Crippen LogP contribution in [0.1, 0.15) is 75.2 Å². The number of ether oxygens (including phenoxy) is 5. The fraction of sp³-hybridized carbons (Fsp3) is 0.475. The van der Waals surface area contributed by atoms with E-state index in [9.17, 15) is 68.7 Å². The maximum absolute atomic E-state index is 14.9. The number of amides is 1. The average molecular weight is 978 g/mol. The highest BCUT2D eigenvalue weighted by Gasteiger charge is 2.73. The summed E-state index contributed by atoms with van der Waals surface area (Å²) in [5.41, 5.74) is -12.1. The van der Waals surface area contributed by atoms with Crippen molar-refractivity contribution in [3.8, 4) is 28.6 Å². The van der Waals surface area contributed by atoms with Gasteiger partial charge in [0.2, 0.25) is 0 Å². The Hall–Kier alpha value is -5.31. The van der Waals surface area contributed by atoms with E-state index >= 15 is 0 Å². The third-order valence-corrected chi connectivity index (χ3v) is 10.4. The molecule has 2 aromatic carbocycles. The summed E-state index contributed by atoms with van der Waals surface area (Å²) in [4.78, 5) is 39.6. The summed E-state index contributed by atoms with van der Waals surface area (Å²) >= 11 is 12.3. The predicted molar refractivity (Wildman–Crippen MR) is 205 cm³/mol. The van der Waals surface area contributed by atoms with E-state index in [1.165, 1.54) is 12.1 Å². The van der Waals surface area contributed by atoms with Gasteiger partial charge in [-0.1, -0.05) is 29.3 Å². The van der Waals surface area contributed by atoms with Gasteiger partial charge in [0, 0.05) is 23.4 Å². The Morgan fingerprint density at radius 1 is 0.938 bits per heavy atom. The lowest BCUT2D eigenvalue weighted by Crippen LogP contribution is -2.50. The minimum absolute atomic E-state index is 0.0418. The Morgan fingerprint density at radius 2 is 1.55 bits per heavy atom.